The summed E-state index contributed by atoms with van der Waals surface area (Å²) in [5, 5.41) is 15.4. The minimum Gasteiger partial charge on any atom is -0.497 e. The molecule has 0 bridgehead atoms. The zero-order chi connectivity index (χ0) is 22.5. The van der Waals surface area contributed by atoms with Gasteiger partial charge in [-0.2, -0.15) is 5.10 Å². The molecule has 32 heavy (non-hydrogen) atoms. The highest BCUT2D eigenvalue weighted by Crippen LogP contribution is 2.38. The highest BCUT2D eigenvalue weighted by Gasteiger charge is 2.14. The standard InChI is InChI=1S/C23H22N4O5/c1-28-16-8-6-15(7-9-16)17-13-18(25-24-17)23-27-26-21(32-23)10-5-14-11-19(29-2)22(31-4)20(12-14)30-3/h5-13H,1-4H3,(H,24,25)/b10-5+. The molecule has 9 heteroatoms. The molecule has 4 rings (SSSR count). The first kappa shape index (κ1) is 21.0. The van der Waals surface area contributed by atoms with Crippen LogP contribution in [-0.2, 0) is 0 Å². The van der Waals surface area contributed by atoms with Gasteiger partial charge in [-0.05, 0) is 54.1 Å². The van der Waals surface area contributed by atoms with Crippen LogP contribution in [0.5, 0.6) is 23.0 Å². The number of aromatic nitrogens is 4. The van der Waals surface area contributed by atoms with E-state index in [9.17, 15) is 0 Å². The van der Waals surface area contributed by atoms with Crippen molar-refractivity contribution in [2.45, 2.75) is 0 Å². The molecule has 0 amide bonds. The minimum absolute atomic E-state index is 0.335. The molecule has 0 saturated heterocycles. The molecule has 0 radical (unpaired) electrons. The summed E-state index contributed by atoms with van der Waals surface area (Å²) in [7, 11) is 6.33. The van der Waals surface area contributed by atoms with Gasteiger partial charge in [-0.25, -0.2) is 0 Å². The Balaban J connectivity index is 1.53. The Bertz CT molecular complexity index is 1200. The van der Waals surface area contributed by atoms with Crippen LogP contribution in [0.25, 0.3) is 35.0 Å². The molecule has 0 aliphatic rings. The van der Waals surface area contributed by atoms with E-state index in [1.807, 2.05) is 48.5 Å². The van der Waals surface area contributed by atoms with Crippen molar-refractivity contribution in [3.63, 3.8) is 0 Å². The molecule has 2 aromatic carbocycles. The highest BCUT2D eigenvalue weighted by atomic mass is 16.5. The molecule has 4 aromatic rings. The molecular formula is C23H22N4O5. The molecule has 0 unspecified atom stereocenters. The first-order valence-corrected chi connectivity index (χ1v) is 9.67. The second-order valence-electron chi connectivity index (χ2n) is 6.63. The van der Waals surface area contributed by atoms with E-state index in [4.69, 9.17) is 23.4 Å². The zero-order valence-corrected chi connectivity index (χ0v) is 18.1. The van der Waals surface area contributed by atoms with Gasteiger partial charge in [-0.3, -0.25) is 5.10 Å². The van der Waals surface area contributed by atoms with Crippen molar-refractivity contribution >= 4 is 12.2 Å². The SMILES string of the molecule is COc1ccc(-c2cc(-c3nnc(/C=C/c4cc(OC)c(OC)c(OC)c4)o3)[nH]n2)cc1. The van der Waals surface area contributed by atoms with E-state index < -0.39 is 0 Å². The van der Waals surface area contributed by atoms with Crippen LogP contribution in [0.2, 0.25) is 0 Å². The number of methoxy groups -OCH3 is 4. The van der Waals surface area contributed by atoms with Crippen molar-refractivity contribution in [1.29, 1.82) is 0 Å². The lowest BCUT2D eigenvalue weighted by molar-refractivity contribution is 0.324. The van der Waals surface area contributed by atoms with E-state index >= 15 is 0 Å². The van der Waals surface area contributed by atoms with Crippen LogP contribution < -0.4 is 18.9 Å². The molecule has 0 aliphatic carbocycles. The molecule has 2 heterocycles. The normalized spacial score (nSPS) is 11.0. The molecule has 9 nitrogen and oxygen atoms in total. The first-order chi connectivity index (χ1) is 15.6. The van der Waals surface area contributed by atoms with Crippen molar-refractivity contribution in [2.75, 3.05) is 28.4 Å². The molecule has 0 atom stereocenters. The molecule has 164 valence electrons. The van der Waals surface area contributed by atoms with E-state index in [1.165, 1.54) is 0 Å². The predicted octanol–water partition coefficient (Wildman–Crippen LogP) is 4.33. The molecular weight excluding hydrogens is 412 g/mol. The molecule has 0 saturated carbocycles. The third-order valence-corrected chi connectivity index (χ3v) is 4.74. The summed E-state index contributed by atoms with van der Waals surface area (Å²) < 4.78 is 27.0. The number of nitrogens with zero attached hydrogens (tertiary/aromatic N) is 3. The fraction of sp³-hybridized carbons (Fsp3) is 0.174. The lowest BCUT2D eigenvalue weighted by Crippen LogP contribution is -1.95. The summed E-state index contributed by atoms with van der Waals surface area (Å²) in [4.78, 5) is 0. The van der Waals surface area contributed by atoms with Crippen molar-refractivity contribution in [2.24, 2.45) is 0 Å². The van der Waals surface area contributed by atoms with Crippen LogP contribution in [0.3, 0.4) is 0 Å². The first-order valence-electron chi connectivity index (χ1n) is 9.67. The topological polar surface area (TPSA) is 105 Å². The van der Waals surface area contributed by atoms with Crippen LogP contribution in [0.4, 0.5) is 0 Å². The Morgan fingerprint density at radius 3 is 2.16 bits per heavy atom. The van der Waals surface area contributed by atoms with Gasteiger partial charge >= 0.3 is 0 Å². The lowest BCUT2D eigenvalue weighted by atomic mass is 10.1. The van der Waals surface area contributed by atoms with Gasteiger partial charge < -0.3 is 23.4 Å². The maximum Gasteiger partial charge on any atom is 0.266 e. The molecule has 0 spiro atoms. The molecule has 1 N–H and O–H groups in total. The van der Waals surface area contributed by atoms with E-state index in [0.717, 1.165) is 22.6 Å². The second kappa shape index (κ2) is 9.25. The van der Waals surface area contributed by atoms with Crippen LogP contribution in [0.15, 0.2) is 46.9 Å². The maximum atomic E-state index is 5.75. The van der Waals surface area contributed by atoms with Crippen LogP contribution in [0, 0.1) is 0 Å². The fourth-order valence-corrected chi connectivity index (χ4v) is 3.12. The zero-order valence-electron chi connectivity index (χ0n) is 18.1. The summed E-state index contributed by atoms with van der Waals surface area (Å²) >= 11 is 0. The number of ether oxygens (including phenoxy) is 4. The van der Waals surface area contributed by atoms with E-state index in [0.29, 0.717) is 34.7 Å². The van der Waals surface area contributed by atoms with Crippen molar-refractivity contribution < 1.29 is 23.4 Å². The number of benzene rings is 2. The molecule has 0 fully saturated rings. The summed E-state index contributed by atoms with van der Waals surface area (Å²) in [5.74, 6) is 3.10. The number of hydrogen-bond acceptors (Lipinski definition) is 8. The average molecular weight is 434 g/mol. The largest absolute Gasteiger partial charge is 0.497 e. The third kappa shape index (κ3) is 4.27. The van der Waals surface area contributed by atoms with Gasteiger partial charge in [0, 0.05) is 11.6 Å². The van der Waals surface area contributed by atoms with Crippen LogP contribution in [-0.4, -0.2) is 48.8 Å². The van der Waals surface area contributed by atoms with Crippen molar-refractivity contribution in [3.8, 4) is 45.8 Å². The van der Waals surface area contributed by atoms with Crippen molar-refractivity contribution in [1.82, 2.24) is 20.4 Å². The van der Waals surface area contributed by atoms with Gasteiger partial charge in [-0.1, -0.05) is 0 Å². The Hall–Kier alpha value is -4.27. The van der Waals surface area contributed by atoms with E-state index in [1.54, 1.807) is 34.5 Å². The van der Waals surface area contributed by atoms with Gasteiger partial charge in [-0.15, -0.1) is 10.2 Å². The number of rotatable bonds is 8. The van der Waals surface area contributed by atoms with Gasteiger partial charge in [0.05, 0.1) is 34.1 Å². The number of nitrogens with one attached hydrogen (secondary N) is 1. The lowest BCUT2D eigenvalue weighted by Gasteiger charge is -2.12. The third-order valence-electron chi connectivity index (χ3n) is 4.74. The van der Waals surface area contributed by atoms with E-state index in [2.05, 4.69) is 20.4 Å². The highest BCUT2D eigenvalue weighted by molar-refractivity contribution is 5.71. The number of hydrogen-bond donors (Lipinski definition) is 1. The summed E-state index contributed by atoms with van der Waals surface area (Å²) in [6.07, 6.45) is 3.52. The summed E-state index contributed by atoms with van der Waals surface area (Å²) in [6, 6.07) is 13.1. The average Bonchev–Trinajstić information content (AvgIpc) is 3.52. The van der Waals surface area contributed by atoms with Gasteiger partial charge in [0.1, 0.15) is 11.4 Å². The number of aromatic amines is 1. The predicted molar refractivity (Wildman–Crippen MR) is 119 cm³/mol. The van der Waals surface area contributed by atoms with Crippen LogP contribution in [0.1, 0.15) is 11.5 Å². The monoisotopic (exact) mass is 434 g/mol. The molecule has 2 aromatic heterocycles. The van der Waals surface area contributed by atoms with Gasteiger partial charge in [0.25, 0.3) is 5.89 Å². The smallest absolute Gasteiger partial charge is 0.266 e. The van der Waals surface area contributed by atoms with E-state index in [-0.39, 0.29) is 0 Å². The molecule has 0 aliphatic heterocycles. The van der Waals surface area contributed by atoms with Crippen LogP contribution >= 0.6 is 0 Å². The Kier molecular flexibility index (Phi) is 6.07. The summed E-state index contributed by atoms with van der Waals surface area (Å²) in [5.41, 5.74) is 3.14. The minimum atomic E-state index is 0.335. The Morgan fingerprint density at radius 2 is 1.53 bits per heavy atom. The Labute approximate surface area is 184 Å². The summed E-state index contributed by atoms with van der Waals surface area (Å²) in [6.45, 7) is 0. The van der Waals surface area contributed by atoms with Gasteiger partial charge in [0.2, 0.25) is 11.6 Å². The second-order valence-corrected chi connectivity index (χ2v) is 6.63. The number of H-pyrrole nitrogens is 1. The fourth-order valence-electron chi connectivity index (χ4n) is 3.12. The van der Waals surface area contributed by atoms with Gasteiger partial charge in [0.15, 0.2) is 11.5 Å². The maximum absolute atomic E-state index is 5.75. The van der Waals surface area contributed by atoms with Crippen molar-refractivity contribution in [3.05, 3.63) is 53.9 Å². The Morgan fingerprint density at radius 1 is 0.812 bits per heavy atom. The quantitative estimate of drug-likeness (QED) is 0.437.